The van der Waals surface area contributed by atoms with Crippen LogP contribution in [0.5, 0.6) is 5.88 Å². The number of fused-ring (bicyclic) bond motifs is 1. The first-order chi connectivity index (χ1) is 15.4. The average molecular weight is 463 g/mol. The highest BCUT2D eigenvalue weighted by molar-refractivity contribution is 7.45. The van der Waals surface area contributed by atoms with Crippen molar-refractivity contribution in [1.82, 2.24) is 20.1 Å². The van der Waals surface area contributed by atoms with Gasteiger partial charge in [0.25, 0.3) is 11.5 Å². The van der Waals surface area contributed by atoms with Crippen molar-refractivity contribution in [2.24, 2.45) is 5.92 Å². The number of pyridine rings is 1. The zero-order valence-corrected chi connectivity index (χ0v) is 18.6. The number of anilines is 1. The van der Waals surface area contributed by atoms with Crippen molar-refractivity contribution in [3.05, 3.63) is 22.6 Å². The molecule has 4 rings (SSSR count). The molecule has 3 N–H and O–H groups in total. The molecule has 0 aliphatic carbocycles. The molecule has 2 aliphatic heterocycles. The first kappa shape index (κ1) is 22.6. The molecule has 11 nitrogen and oxygen atoms in total. The van der Waals surface area contributed by atoms with Gasteiger partial charge in [0.05, 0.1) is 13.3 Å². The SMILES string of the molecule is COc1nc(N2CCC(CCP(O)O)CC2)cc2cnn(C3CCC(=O)NC3=O)c(=O)c12. The zero-order valence-electron chi connectivity index (χ0n) is 17.7. The van der Waals surface area contributed by atoms with E-state index in [-0.39, 0.29) is 30.0 Å². The second-order valence-corrected chi connectivity index (χ2v) is 9.32. The maximum atomic E-state index is 13.2. The Kier molecular flexibility index (Phi) is 6.68. The van der Waals surface area contributed by atoms with Crippen LogP contribution in [-0.4, -0.2) is 62.7 Å². The molecule has 2 aromatic rings. The van der Waals surface area contributed by atoms with Gasteiger partial charge in [-0.3, -0.25) is 19.7 Å². The molecule has 172 valence electrons. The lowest BCUT2D eigenvalue weighted by Gasteiger charge is -2.33. The minimum absolute atomic E-state index is 0.144. The fourth-order valence-electron chi connectivity index (χ4n) is 4.33. The van der Waals surface area contributed by atoms with Gasteiger partial charge in [0.15, 0.2) is 8.38 Å². The maximum absolute atomic E-state index is 13.2. The average Bonchev–Trinajstić information content (AvgIpc) is 2.78. The molecular formula is C20H26N5O6P. The van der Waals surface area contributed by atoms with E-state index in [1.54, 1.807) is 6.07 Å². The van der Waals surface area contributed by atoms with Crippen molar-refractivity contribution < 1.29 is 24.1 Å². The first-order valence-corrected chi connectivity index (χ1v) is 12.0. The minimum atomic E-state index is -1.85. The van der Waals surface area contributed by atoms with E-state index in [0.29, 0.717) is 23.3 Å². The first-order valence-electron chi connectivity index (χ1n) is 10.6. The van der Waals surface area contributed by atoms with Gasteiger partial charge in [0, 0.05) is 31.1 Å². The van der Waals surface area contributed by atoms with Gasteiger partial charge in [-0.05, 0) is 37.7 Å². The van der Waals surface area contributed by atoms with Crippen LogP contribution in [0.25, 0.3) is 10.8 Å². The van der Waals surface area contributed by atoms with Gasteiger partial charge in [-0.15, -0.1) is 0 Å². The Morgan fingerprint density at radius 3 is 2.62 bits per heavy atom. The lowest BCUT2D eigenvalue weighted by molar-refractivity contribution is -0.136. The van der Waals surface area contributed by atoms with E-state index >= 15 is 0 Å². The lowest BCUT2D eigenvalue weighted by Crippen LogP contribution is -2.45. The van der Waals surface area contributed by atoms with Gasteiger partial charge in [0.1, 0.15) is 17.2 Å². The molecule has 0 aromatic carbocycles. The van der Waals surface area contributed by atoms with E-state index in [1.165, 1.54) is 13.3 Å². The van der Waals surface area contributed by atoms with Crippen LogP contribution >= 0.6 is 8.38 Å². The van der Waals surface area contributed by atoms with E-state index < -0.39 is 25.9 Å². The third kappa shape index (κ3) is 4.60. The molecule has 12 heteroatoms. The predicted octanol–water partition coefficient (Wildman–Crippen LogP) is 0.681. The van der Waals surface area contributed by atoms with Crippen LogP contribution in [0.1, 0.15) is 38.1 Å². The molecule has 32 heavy (non-hydrogen) atoms. The van der Waals surface area contributed by atoms with Crippen molar-refractivity contribution in [2.75, 3.05) is 31.3 Å². The molecule has 2 amide bonds. The summed E-state index contributed by atoms with van der Waals surface area (Å²) in [5, 5.41) is 7.25. The summed E-state index contributed by atoms with van der Waals surface area (Å²) in [7, 11) is -0.405. The topological polar surface area (TPSA) is 147 Å². The third-order valence-electron chi connectivity index (χ3n) is 6.12. The van der Waals surface area contributed by atoms with Crippen LogP contribution in [0.3, 0.4) is 0 Å². The quantitative estimate of drug-likeness (QED) is 0.416. The van der Waals surface area contributed by atoms with Gasteiger partial charge in [-0.1, -0.05) is 0 Å². The van der Waals surface area contributed by atoms with E-state index in [0.717, 1.165) is 37.0 Å². The summed E-state index contributed by atoms with van der Waals surface area (Å²) in [6.45, 7) is 1.53. The van der Waals surface area contributed by atoms with Gasteiger partial charge >= 0.3 is 0 Å². The molecule has 2 saturated heterocycles. The maximum Gasteiger partial charge on any atom is 0.280 e. The number of nitrogens with one attached hydrogen (secondary N) is 1. The monoisotopic (exact) mass is 463 g/mol. The molecule has 0 bridgehead atoms. The highest BCUT2D eigenvalue weighted by atomic mass is 31.2. The molecule has 1 atom stereocenters. The molecule has 0 spiro atoms. The Labute approximate surface area is 185 Å². The summed E-state index contributed by atoms with van der Waals surface area (Å²) in [6.07, 6.45) is 4.94. The Balaban J connectivity index is 1.59. The largest absolute Gasteiger partial charge is 0.480 e. The number of carbonyl (C=O) groups excluding carboxylic acids is 2. The zero-order chi connectivity index (χ0) is 22.8. The summed E-state index contributed by atoms with van der Waals surface area (Å²) in [6, 6.07) is 0.939. The van der Waals surface area contributed by atoms with Gasteiger partial charge in [0.2, 0.25) is 11.8 Å². The van der Waals surface area contributed by atoms with Crippen molar-refractivity contribution in [3.63, 3.8) is 0 Å². The second-order valence-electron chi connectivity index (χ2n) is 8.13. The summed E-state index contributed by atoms with van der Waals surface area (Å²) in [5.74, 6) is 0.386. The Morgan fingerprint density at radius 1 is 1.22 bits per heavy atom. The summed E-state index contributed by atoms with van der Waals surface area (Å²) in [5.41, 5.74) is -0.490. The molecule has 0 saturated carbocycles. The van der Waals surface area contributed by atoms with Crippen molar-refractivity contribution in [3.8, 4) is 5.88 Å². The number of methoxy groups -OCH3 is 1. The Morgan fingerprint density at radius 2 is 1.97 bits per heavy atom. The minimum Gasteiger partial charge on any atom is -0.480 e. The number of nitrogens with zero attached hydrogens (tertiary/aromatic N) is 4. The predicted molar refractivity (Wildman–Crippen MR) is 118 cm³/mol. The molecule has 1 unspecified atom stereocenters. The molecule has 2 aromatic heterocycles. The Bertz CT molecular complexity index is 1080. The standard InChI is InChI=1S/C20H26N5O6P/c1-31-19-17-13(11-21-25(20(17)28)14-2-3-16(26)23-18(14)27)10-15(22-19)24-7-4-12(5-8-24)6-9-32(29)30/h10-12,14,29-30H,2-9H2,1H3,(H,23,26,27). The van der Waals surface area contributed by atoms with E-state index in [1.807, 2.05) is 0 Å². The lowest BCUT2D eigenvalue weighted by atomic mass is 9.94. The van der Waals surface area contributed by atoms with Crippen LogP contribution in [0.2, 0.25) is 0 Å². The van der Waals surface area contributed by atoms with Crippen molar-refractivity contribution >= 4 is 36.8 Å². The second kappa shape index (κ2) is 9.48. The van der Waals surface area contributed by atoms with E-state index in [2.05, 4.69) is 20.3 Å². The number of rotatable bonds is 6. The van der Waals surface area contributed by atoms with E-state index in [4.69, 9.17) is 14.5 Å². The normalized spacial score (nSPS) is 20.1. The number of ether oxygens (including phenoxy) is 1. The fraction of sp³-hybridized carbons (Fsp3) is 0.550. The number of hydrogen-bond donors (Lipinski definition) is 3. The molecule has 2 aliphatic rings. The number of piperidine rings is 2. The summed E-state index contributed by atoms with van der Waals surface area (Å²) in [4.78, 5) is 61.7. The molecular weight excluding hydrogens is 437 g/mol. The number of amides is 2. The van der Waals surface area contributed by atoms with Crippen LogP contribution in [0, 0.1) is 5.92 Å². The van der Waals surface area contributed by atoms with E-state index in [9.17, 15) is 14.4 Å². The number of hydrogen-bond acceptors (Lipinski definition) is 9. The number of carbonyl (C=O) groups is 2. The third-order valence-corrected chi connectivity index (χ3v) is 6.78. The van der Waals surface area contributed by atoms with Gasteiger partial charge in [-0.25, -0.2) is 4.68 Å². The van der Waals surface area contributed by atoms with Crippen LogP contribution in [0.4, 0.5) is 5.82 Å². The molecule has 4 heterocycles. The highest BCUT2D eigenvalue weighted by Crippen LogP contribution is 2.32. The van der Waals surface area contributed by atoms with Crippen LogP contribution in [-0.2, 0) is 9.59 Å². The Hall–Kier alpha value is -2.62. The van der Waals surface area contributed by atoms with Crippen LogP contribution in [0.15, 0.2) is 17.1 Å². The fourth-order valence-corrected chi connectivity index (χ4v) is 4.93. The van der Waals surface area contributed by atoms with Crippen molar-refractivity contribution in [1.29, 1.82) is 0 Å². The molecule has 0 radical (unpaired) electrons. The highest BCUT2D eigenvalue weighted by Gasteiger charge is 2.31. The molecule has 2 fully saturated rings. The number of imide groups is 1. The summed E-state index contributed by atoms with van der Waals surface area (Å²) < 4.78 is 6.52. The smallest absolute Gasteiger partial charge is 0.280 e. The summed E-state index contributed by atoms with van der Waals surface area (Å²) >= 11 is 0. The van der Waals surface area contributed by atoms with Crippen molar-refractivity contribution in [2.45, 2.75) is 38.1 Å². The number of aromatic nitrogens is 3. The van der Waals surface area contributed by atoms with Crippen LogP contribution < -0.4 is 20.5 Å². The van der Waals surface area contributed by atoms with Gasteiger partial charge in [-0.2, -0.15) is 10.1 Å². The van der Waals surface area contributed by atoms with Gasteiger partial charge < -0.3 is 19.4 Å².